The Hall–Kier alpha value is -2.93. The molecule has 0 radical (unpaired) electrons. The Balaban J connectivity index is 2.39. The summed E-state index contributed by atoms with van der Waals surface area (Å²) in [5.74, 6) is 6.45. The molecule has 0 bridgehead atoms. The summed E-state index contributed by atoms with van der Waals surface area (Å²) < 4.78 is 0. The molecule has 2 rings (SSSR count). The molecule has 164 valence electrons. The number of benzene rings is 1. The van der Waals surface area contributed by atoms with E-state index in [1.165, 1.54) is 11.1 Å². The number of hydrogen-bond acceptors (Lipinski definition) is 4. The Kier molecular flexibility index (Phi) is 9.46. The fourth-order valence-corrected chi connectivity index (χ4v) is 4.27. The van der Waals surface area contributed by atoms with Crippen LogP contribution in [-0.2, 0) is 17.6 Å². The number of nitrogens with zero attached hydrogens (tertiary/aromatic N) is 2. The van der Waals surface area contributed by atoms with Crippen LogP contribution in [0, 0.1) is 29.1 Å². The molecule has 4 heteroatoms. The van der Waals surface area contributed by atoms with Crippen molar-refractivity contribution in [2.24, 2.45) is 28.7 Å². The van der Waals surface area contributed by atoms with E-state index in [-0.39, 0.29) is 17.6 Å². The van der Waals surface area contributed by atoms with E-state index >= 15 is 0 Å². The van der Waals surface area contributed by atoms with Gasteiger partial charge in [-0.25, -0.2) is 0 Å². The van der Waals surface area contributed by atoms with E-state index in [1.54, 1.807) is 13.1 Å². The minimum absolute atomic E-state index is 0.127. The van der Waals surface area contributed by atoms with Gasteiger partial charge in [0.1, 0.15) is 5.78 Å². The summed E-state index contributed by atoms with van der Waals surface area (Å²) in [6.07, 6.45) is 14.3. The average molecular weight is 418 g/mol. The van der Waals surface area contributed by atoms with Crippen molar-refractivity contribution in [3.63, 3.8) is 0 Å². The van der Waals surface area contributed by atoms with Crippen molar-refractivity contribution in [1.82, 2.24) is 0 Å². The monoisotopic (exact) mass is 417 g/mol. The SMILES string of the molecule is CCc1c(CCCC(C)=O)cccc1C(/C=N\N)=C/C1=CC(C#N)C(CC(C)C)C=C1. The summed E-state index contributed by atoms with van der Waals surface area (Å²) in [7, 11) is 0. The lowest BCUT2D eigenvalue weighted by molar-refractivity contribution is -0.117. The highest BCUT2D eigenvalue weighted by atomic mass is 16.1. The number of carbonyl (C=O) groups excluding carboxylic acids is 1. The molecule has 2 unspecified atom stereocenters. The van der Waals surface area contributed by atoms with Crippen LogP contribution in [0.15, 0.2) is 53.2 Å². The van der Waals surface area contributed by atoms with Crippen molar-refractivity contribution in [1.29, 1.82) is 5.26 Å². The van der Waals surface area contributed by atoms with Crippen LogP contribution >= 0.6 is 0 Å². The highest BCUT2D eigenvalue weighted by molar-refractivity contribution is 6.11. The predicted octanol–water partition coefficient (Wildman–Crippen LogP) is 5.79. The van der Waals surface area contributed by atoms with E-state index in [2.05, 4.69) is 74.4 Å². The fraction of sp³-hybridized carbons (Fsp3) is 0.444. The minimum atomic E-state index is -0.127. The van der Waals surface area contributed by atoms with Gasteiger partial charge in [0, 0.05) is 12.0 Å². The summed E-state index contributed by atoms with van der Waals surface area (Å²) >= 11 is 0. The van der Waals surface area contributed by atoms with E-state index in [0.717, 1.165) is 42.4 Å². The van der Waals surface area contributed by atoms with Crippen LogP contribution in [0.1, 0.15) is 63.6 Å². The Labute approximate surface area is 187 Å². The Morgan fingerprint density at radius 2 is 2.13 bits per heavy atom. The first-order valence-electron chi connectivity index (χ1n) is 11.2. The van der Waals surface area contributed by atoms with Crippen molar-refractivity contribution < 1.29 is 4.79 Å². The van der Waals surface area contributed by atoms with Gasteiger partial charge < -0.3 is 10.6 Å². The maximum absolute atomic E-state index is 11.3. The van der Waals surface area contributed by atoms with Crippen molar-refractivity contribution in [2.75, 3.05) is 0 Å². The highest BCUT2D eigenvalue weighted by Crippen LogP contribution is 2.31. The van der Waals surface area contributed by atoms with Gasteiger partial charge in [0.25, 0.3) is 0 Å². The molecule has 0 heterocycles. The molecule has 4 nitrogen and oxygen atoms in total. The lowest BCUT2D eigenvalue weighted by Gasteiger charge is -2.22. The van der Waals surface area contributed by atoms with Gasteiger partial charge in [0.05, 0.1) is 18.2 Å². The zero-order valence-corrected chi connectivity index (χ0v) is 19.3. The van der Waals surface area contributed by atoms with Gasteiger partial charge in [-0.1, -0.05) is 57.2 Å². The lowest BCUT2D eigenvalue weighted by Crippen LogP contribution is -2.14. The molecular formula is C27H35N3O. The molecule has 2 N–H and O–H groups in total. The number of Topliss-reactive ketones (excluding diaryl/α,β-unsaturated/α-hetero) is 1. The molecule has 1 aliphatic carbocycles. The molecule has 1 aromatic rings. The van der Waals surface area contributed by atoms with Gasteiger partial charge in [0.2, 0.25) is 0 Å². The van der Waals surface area contributed by atoms with Crippen LogP contribution in [-0.4, -0.2) is 12.0 Å². The summed E-state index contributed by atoms with van der Waals surface area (Å²) in [5, 5.41) is 13.5. The van der Waals surface area contributed by atoms with E-state index < -0.39 is 0 Å². The van der Waals surface area contributed by atoms with Gasteiger partial charge >= 0.3 is 0 Å². The number of nitrogens with two attached hydrogens (primary N) is 1. The number of nitriles is 1. The summed E-state index contributed by atoms with van der Waals surface area (Å²) in [5.41, 5.74) is 5.56. The third-order valence-corrected chi connectivity index (χ3v) is 5.71. The zero-order chi connectivity index (χ0) is 22.8. The average Bonchev–Trinajstić information content (AvgIpc) is 2.73. The van der Waals surface area contributed by atoms with Gasteiger partial charge in [-0.3, -0.25) is 0 Å². The molecule has 0 aliphatic heterocycles. The van der Waals surface area contributed by atoms with E-state index in [1.807, 2.05) is 0 Å². The second-order valence-electron chi connectivity index (χ2n) is 8.70. The summed E-state index contributed by atoms with van der Waals surface area (Å²) in [6, 6.07) is 8.74. The molecule has 1 aliphatic rings. The molecular weight excluding hydrogens is 382 g/mol. The molecule has 0 saturated heterocycles. The maximum Gasteiger partial charge on any atom is 0.129 e. The highest BCUT2D eigenvalue weighted by Gasteiger charge is 2.21. The maximum atomic E-state index is 11.3. The number of ketones is 1. The first-order valence-corrected chi connectivity index (χ1v) is 11.2. The lowest BCUT2D eigenvalue weighted by atomic mass is 9.81. The van der Waals surface area contributed by atoms with Crippen LogP contribution in [0.2, 0.25) is 0 Å². The van der Waals surface area contributed by atoms with Crippen LogP contribution in [0.3, 0.4) is 0 Å². The Morgan fingerprint density at radius 3 is 2.74 bits per heavy atom. The van der Waals surface area contributed by atoms with E-state index in [9.17, 15) is 10.1 Å². The number of hydrogen-bond donors (Lipinski definition) is 1. The number of rotatable bonds is 10. The molecule has 0 aromatic heterocycles. The first-order chi connectivity index (χ1) is 14.9. The largest absolute Gasteiger partial charge is 0.323 e. The van der Waals surface area contributed by atoms with E-state index in [0.29, 0.717) is 12.3 Å². The molecule has 1 aromatic carbocycles. The zero-order valence-electron chi connectivity index (χ0n) is 19.3. The van der Waals surface area contributed by atoms with E-state index in [4.69, 9.17) is 5.84 Å². The van der Waals surface area contributed by atoms with Gasteiger partial charge in [-0.2, -0.15) is 10.4 Å². The summed E-state index contributed by atoms with van der Waals surface area (Å²) in [6.45, 7) is 8.16. The standard InChI is InChI=1S/C27H35N3O/c1-5-26-22(9-6-8-20(4)31)10-7-11-27(26)25(18-30-29)16-21-12-13-23(14-19(2)3)24(15-21)17-28/h7,10-13,15-16,18-19,23-24H,5-6,8-9,14,29H2,1-4H3/b25-16+,30-18-. The van der Waals surface area contributed by atoms with Gasteiger partial charge in [-0.05, 0) is 72.8 Å². The van der Waals surface area contributed by atoms with Gasteiger partial charge in [0.15, 0.2) is 0 Å². The van der Waals surface area contributed by atoms with Crippen LogP contribution in [0.5, 0.6) is 0 Å². The molecule has 0 amide bonds. The number of aryl methyl sites for hydroxylation is 1. The summed E-state index contributed by atoms with van der Waals surface area (Å²) in [4.78, 5) is 11.3. The third-order valence-electron chi connectivity index (χ3n) is 5.71. The molecule has 0 saturated carbocycles. The fourth-order valence-electron chi connectivity index (χ4n) is 4.27. The quantitative estimate of drug-likeness (QED) is 0.297. The number of hydrazone groups is 1. The normalized spacial score (nSPS) is 19.0. The van der Waals surface area contributed by atoms with Gasteiger partial charge in [-0.15, -0.1) is 0 Å². The van der Waals surface area contributed by atoms with Crippen molar-refractivity contribution >= 4 is 17.6 Å². The second-order valence-corrected chi connectivity index (χ2v) is 8.70. The van der Waals surface area contributed by atoms with Crippen LogP contribution in [0.4, 0.5) is 0 Å². The minimum Gasteiger partial charge on any atom is -0.323 e. The Morgan fingerprint density at radius 1 is 1.35 bits per heavy atom. The first kappa shape index (κ1) is 24.3. The molecule has 31 heavy (non-hydrogen) atoms. The smallest absolute Gasteiger partial charge is 0.129 e. The van der Waals surface area contributed by atoms with Crippen molar-refractivity contribution in [3.05, 3.63) is 64.8 Å². The Bertz CT molecular complexity index is 928. The second kappa shape index (κ2) is 12.1. The molecule has 2 atom stereocenters. The number of allylic oxidation sites excluding steroid dienone is 6. The molecule has 0 spiro atoms. The van der Waals surface area contributed by atoms with Crippen molar-refractivity contribution in [2.45, 2.75) is 59.8 Å². The van der Waals surface area contributed by atoms with Crippen molar-refractivity contribution in [3.8, 4) is 6.07 Å². The van der Waals surface area contributed by atoms with Crippen LogP contribution in [0.25, 0.3) is 5.57 Å². The number of carbonyl (C=O) groups is 1. The predicted molar refractivity (Wildman–Crippen MR) is 129 cm³/mol. The van der Waals surface area contributed by atoms with Crippen LogP contribution < -0.4 is 5.84 Å². The topological polar surface area (TPSA) is 79.2 Å². The third kappa shape index (κ3) is 7.07. The molecule has 0 fully saturated rings.